The van der Waals surface area contributed by atoms with Gasteiger partial charge in [-0.1, -0.05) is 0 Å². The zero-order valence-corrected chi connectivity index (χ0v) is 16.0. The maximum atomic E-state index is 12.7. The smallest absolute Gasteiger partial charge is 0.358 e. The third kappa shape index (κ3) is 4.28. The van der Waals surface area contributed by atoms with Gasteiger partial charge in [-0.25, -0.2) is 0 Å². The lowest BCUT2D eigenvalue weighted by Gasteiger charge is -2.08. The number of aryl methyl sites for hydroxylation is 3. The molecule has 2 amide bonds. The number of anilines is 2. The van der Waals surface area contributed by atoms with Crippen LogP contribution in [0.15, 0.2) is 24.7 Å². The molecule has 0 saturated heterocycles. The number of hydrogen-bond donors (Lipinski definition) is 2. The summed E-state index contributed by atoms with van der Waals surface area (Å²) in [5, 5.41) is 27.9. The Labute approximate surface area is 164 Å². The maximum Gasteiger partial charge on any atom is 0.389 e. The van der Waals surface area contributed by atoms with Crippen molar-refractivity contribution < 1.29 is 14.5 Å². The van der Waals surface area contributed by atoms with E-state index in [1.54, 1.807) is 18.8 Å². The molecule has 0 radical (unpaired) electrons. The molecule has 152 valence electrons. The molecule has 0 saturated carbocycles. The highest BCUT2D eigenvalue weighted by atomic mass is 16.6. The van der Waals surface area contributed by atoms with E-state index in [1.165, 1.54) is 34.0 Å². The van der Waals surface area contributed by atoms with E-state index < -0.39 is 10.8 Å². The molecule has 3 heterocycles. The number of carbonyl (C=O) groups is 2. The summed E-state index contributed by atoms with van der Waals surface area (Å²) in [6.07, 6.45) is 4.34. The third-order valence-electron chi connectivity index (χ3n) is 4.29. The maximum absolute atomic E-state index is 12.7. The average molecular weight is 401 g/mol. The molecule has 3 rings (SSSR count). The van der Waals surface area contributed by atoms with Crippen molar-refractivity contribution in [2.45, 2.75) is 19.9 Å². The summed E-state index contributed by atoms with van der Waals surface area (Å²) in [5.41, 5.74) is 1.76. The van der Waals surface area contributed by atoms with Crippen molar-refractivity contribution in [1.82, 2.24) is 29.3 Å². The van der Waals surface area contributed by atoms with E-state index in [2.05, 4.69) is 25.9 Å². The number of nitrogens with one attached hydrogen (secondary N) is 2. The van der Waals surface area contributed by atoms with E-state index in [1.807, 2.05) is 6.92 Å². The fourth-order valence-electron chi connectivity index (χ4n) is 2.60. The number of nitro groups is 1. The lowest BCUT2D eigenvalue weighted by atomic mass is 10.3. The number of rotatable bonds is 7. The molecule has 29 heavy (non-hydrogen) atoms. The first kappa shape index (κ1) is 19.7. The van der Waals surface area contributed by atoms with Crippen molar-refractivity contribution >= 4 is 29.0 Å². The van der Waals surface area contributed by atoms with Crippen molar-refractivity contribution in [2.24, 2.45) is 14.1 Å². The van der Waals surface area contributed by atoms with Gasteiger partial charge in [-0.3, -0.25) is 19.0 Å². The van der Waals surface area contributed by atoms with Gasteiger partial charge in [-0.05, 0) is 11.8 Å². The van der Waals surface area contributed by atoms with Crippen LogP contribution in [0, 0.1) is 17.0 Å². The molecule has 0 aliphatic rings. The minimum atomic E-state index is -0.610. The Kier molecular flexibility index (Phi) is 5.38. The van der Waals surface area contributed by atoms with Crippen LogP contribution in [0.5, 0.6) is 0 Å². The van der Waals surface area contributed by atoms with Gasteiger partial charge in [-0.15, -0.1) is 0 Å². The van der Waals surface area contributed by atoms with Gasteiger partial charge in [0, 0.05) is 20.5 Å². The highest BCUT2D eigenvalue weighted by Gasteiger charge is 2.20. The SMILES string of the molecule is Cc1c(NC(=O)c2c(NC(=O)CCn3ccc([N+](=O)[O-])n3)cnn2C)cnn1C. The minimum absolute atomic E-state index is 0.0104. The molecule has 2 N–H and O–H groups in total. The average Bonchev–Trinajstić information content (AvgIpc) is 3.36. The van der Waals surface area contributed by atoms with Crippen molar-refractivity contribution in [1.29, 1.82) is 0 Å². The Hall–Kier alpha value is -4.03. The number of amides is 2. The van der Waals surface area contributed by atoms with Crippen LogP contribution in [0.2, 0.25) is 0 Å². The van der Waals surface area contributed by atoms with E-state index in [4.69, 9.17) is 0 Å². The van der Waals surface area contributed by atoms with E-state index in [9.17, 15) is 19.7 Å². The van der Waals surface area contributed by atoms with Gasteiger partial charge in [0.2, 0.25) is 5.91 Å². The number of nitrogens with zero attached hydrogens (tertiary/aromatic N) is 7. The van der Waals surface area contributed by atoms with Gasteiger partial charge in [0.05, 0.1) is 53.4 Å². The summed E-state index contributed by atoms with van der Waals surface area (Å²) >= 11 is 0. The van der Waals surface area contributed by atoms with Gasteiger partial charge in [-0.2, -0.15) is 14.9 Å². The molecule has 0 spiro atoms. The normalized spacial score (nSPS) is 10.7. The van der Waals surface area contributed by atoms with Gasteiger partial charge < -0.3 is 20.7 Å². The first-order valence-electron chi connectivity index (χ1n) is 8.56. The standard InChI is InChI=1S/C16H19N9O4/c1-10-11(8-17-22(10)2)20-16(27)15-12(9-18-23(15)3)19-14(26)5-7-24-6-4-13(21-24)25(28)29/h4,6,8-9H,5,7H2,1-3H3,(H,19,26)(H,20,27). The molecule has 3 aromatic rings. The molecule has 13 heteroatoms. The fourth-order valence-corrected chi connectivity index (χ4v) is 2.60. The minimum Gasteiger partial charge on any atom is -0.358 e. The van der Waals surface area contributed by atoms with Crippen LogP contribution in [-0.4, -0.2) is 46.1 Å². The van der Waals surface area contributed by atoms with Crippen LogP contribution in [0.25, 0.3) is 0 Å². The second-order valence-corrected chi connectivity index (χ2v) is 6.24. The van der Waals surface area contributed by atoms with E-state index >= 15 is 0 Å². The van der Waals surface area contributed by atoms with E-state index in [0.29, 0.717) is 5.69 Å². The van der Waals surface area contributed by atoms with Gasteiger partial charge in [0.15, 0.2) is 0 Å². The Bertz CT molecular complexity index is 1080. The second kappa shape index (κ2) is 7.92. The molecule has 13 nitrogen and oxygen atoms in total. The number of aromatic nitrogens is 6. The van der Waals surface area contributed by atoms with Crippen LogP contribution in [0.3, 0.4) is 0 Å². The van der Waals surface area contributed by atoms with Gasteiger partial charge >= 0.3 is 5.82 Å². The molecule has 0 fully saturated rings. The van der Waals surface area contributed by atoms with Crippen LogP contribution in [-0.2, 0) is 25.4 Å². The molecule has 0 aliphatic carbocycles. The van der Waals surface area contributed by atoms with E-state index in [-0.39, 0.29) is 36.1 Å². The zero-order valence-electron chi connectivity index (χ0n) is 16.0. The first-order chi connectivity index (χ1) is 13.8. The molecule has 0 bridgehead atoms. The van der Waals surface area contributed by atoms with Crippen LogP contribution in [0.1, 0.15) is 22.6 Å². The van der Waals surface area contributed by atoms with Crippen LogP contribution in [0.4, 0.5) is 17.2 Å². The first-order valence-corrected chi connectivity index (χ1v) is 8.56. The number of hydrogen-bond acceptors (Lipinski definition) is 7. The third-order valence-corrected chi connectivity index (χ3v) is 4.29. The zero-order chi connectivity index (χ0) is 21.1. The Morgan fingerprint density at radius 2 is 1.83 bits per heavy atom. The molecular formula is C16H19N9O4. The largest absolute Gasteiger partial charge is 0.389 e. The monoisotopic (exact) mass is 401 g/mol. The molecule has 3 aromatic heterocycles. The van der Waals surface area contributed by atoms with Crippen molar-refractivity contribution in [3.05, 3.63) is 46.2 Å². The quantitative estimate of drug-likeness (QED) is 0.439. The van der Waals surface area contributed by atoms with Gasteiger partial charge in [0.1, 0.15) is 5.69 Å². The summed E-state index contributed by atoms with van der Waals surface area (Å²) in [5.74, 6) is -1.12. The number of carbonyl (C=O) groups excluding carboxylic acids is 2. The fraction of sp³-hybridized carbons (Fsp3) is 0.312. The summed E-state index contributed by atoms with van der Waals surface area (Å²) in [7, 11) is 3.35. The molecular weight excluding hydrogens is 382 g/mol. The molecule has 0 unspecified atom stereocenters. The van der Waals surface area contributed by atoms with Gasteiger partial charge in [0.25, 0.3) is 5.91 Å². The Morgan fingerprint density at radius 1 is 1.14 bits per heavy atom. The molecule has 0 atom stereocenters. The predicted molar refractivity (Wildman–Crippen MR) is 101 cm³/mol. The molecule has 0 aliphatic heterocycles. The summed E-state index contributed by atoms with van der Waals surface area (Å²) in [4.78, 5) is 35.0. The predicted octanol–water partition coefficient (Wildman–Crippen LogP) is 0.848. The lowest BCUT2D eigenvalue weighted by Crippen LogP contribution is -2.21. The van der Waals surface area contributed by atoms with Crippen molar-refractivity contribution in [2.75, 3.05) is 10.6 Å². The van der Waals surface area contributed by atoms with E-state index in [0.717, 1.165) is 5.69 Å². The molecule has 0 aromatic carbocycles. The van der Waals surface area contributed by atoms with Crippen molar-refractivity contribution in [3.8, 4) is 0 Å². The highest BCUT2D eigenvalue weighted by Crippen LogP contribution is 2.19. The highest BCUT2D eigenvalue weighted by molar-refractivity contribution is 6.09. The Balaban J connectivity index is 1.65. The summed E-state index contributed by atoms with van der Waals surface area (Å²) < 4.78 is 4.29. The second-order valence-electron chi connectivity index (χ2n) is 6.24. The Morgan fingerprint density at radius 3 is 2.45 bits per heavy atom. The van der Waals surface area contributed by atoms with Crippen LogP contribution < -0.4 is 10.6 Å². The topological polar surface area (TPSA) is 155 Å². The summed E-state index contributed by atoms with van der Waals surface area (Å²) in [6, 6.07) is 1.25. The van der Waals surface area contributed by atoms with Crippen molar-refractivity contribution in [3.63, 3.8) is 0 Å². The lowest BCUT2D eigenvalue weighted by molar-refractivity contribution is -0.389. The summed E-state index contributed by atoms with van der Waals surface area (Å²) in [6.45, 7) is 1.96. The van der Waals surface area contributed by atoms with Crippen LogP contribution >= 0.6 is 0 Å².